The molecule has 2 heterocycles. The molecule has 0 bridgehead atoms. The average molecular weight is 278 g/mol. The van der Waals surface area contributed by atoms with Crippen molar-refractivity contribution in [1.29, 1.82) is 0 Å². The second-order valence-corrected chi connectivity index (χ2v) is 5.29. The van der Waals surface area contributed by atoms with Crippen molar-refractivity contribution in [2.45, 2.75) is 17.1 Å². The second-order valence-electron chi connectivity index (χ2n) is 3.87. The molecule has 1 atom stereocenters. The van der Waals surface area contributed by atoms with Crippen LogP contribution in [0.2, 0.25) is 0 Å². The van der Waals surface area contributed by atoms with Crippen LogP contribution in [0.15, 0.2) is 39.8 Å². The van der Waals surface area contributed by atoms with E-state index < -0.39 is 5.97 Å². The van der Waals surface area contributed by atoms with Gasteiger partial charge in [-0.25, -0.2) is 9.78 Å². The summed E-state index contributed by atoms with van der Waals surface area (Å²) in [7, 11) is 1.32. The number of ether oxygens (including phenoxy) is 1. The van der Waals surface area contributed by atoms with E-state index in [1.54, 1.807) is 36.2 Å². The number of methoxy groups -OCH3 is 1. The minimum absolute atomic E-state index is 0.0591. The number of furan rings is 1. The van der Waals surface area contributed by atoms with Crippen LogP contribution in [-0.2, 0) is 4.74 Å². The van der Waals surface area contributed by atoms with Gasteiger partial charge in [-0.15, -0.1) is 11.8 Å². The molecule has 0 spiro atoms. The second kappa shape index (κ2) is 5.79. The molecular formula is C13H14N2O3S. The average Bonchev–Trinajstić information content (AvgIpc) is 2.90. The molecule has 0 aliphatic carbocycles. The Morgan fingerprint density at radius 1 is 1.42 bits per heavy atom. The van der Waals surface area contributed by atoms with E-state index in [0.717, 1.165) is 4.90 Å². The lowest BCUT2D eigenvalue weighted by molar-refractivity contribution is 0.0563. The zero-order chi connectivity index (χ0) is 13.8. The molecule has 0 aliphatic rings. The van der Waals surface area contributed by atoms with Crippen LogP contribution in [0.5, 0.6) is 0 Å². The molecular weight excluding hydrogens is 264 g/mol. The monoisotopic (exact) mass is 278 g/mol. The first-order valence-corrected chi connectivity index (χ1v) is 6.54. The van der Waals surface area contributed by atoms with E-state index in [2.05, 4.69) is 9.72 Å². The van der Waals surface area contributed by atoms with Gasteiger partial charge in [0.2, 0.25) is 5.76 Å². The summed E-state index contributed by atoms with van der Waals surface area (Å²) >= 11 is 1.57. The highest BCUT2D eigenvalue weighted by atomic mass is 32.2. The number of nitrogens with zero attached hydrogens (tertiary/aromatic N) is 1. The fourth-order valence-electron chi connectivity index (χ4n) is 1.51. The molecule has 2 N–H and O–H groups in total. The molecule has 6 heteroatoms. The van der Waals surface area contributed by atoms with Gasteiger partial charge in [0.15, 0.2) is 0 Å². The fourth-order valence-corrected chi connectivity index (χ4v) is 2.42. The standard InChI is InChI=1S/C13H14N2O3S/c1-8(19-9-3-6-12(14)15-7-9)10-4-5-11(18-10)13(16)17-2/h3-8H,1-2H3,(H2,14,15). The third-order valence-corrected chi connectivity index (χ3v) is 3.59. The molecule has 0 amide bonds. The number of nitrogens with two attached hydrogens (primary N) is 1. The topological polar surface area (TPSA) is 78.4 Å². The van der Waals surface area contributed by atoms with Gasteiger partial charge in [0.05, 0.1) is 12.4 Å². The van der Waals surface area contributed by atoms with E-state index >= 15 is 0 Å². The molecule has 1 unspecified atom stereocenters. The van der Waals surface area contributed by atoms with E-state index in [4.69, 9.17) is 10.2 Å². The highest BCUT2D eigenvalue weighted by Crippen LogP contribution is 2.35. The van der Waals surface area contributed by atoms with Crippen molar-refractivity contribution >= 4 is 23.5 Å². The van der Waals surface area contributed by atoms with Crippen LogP contribution in [0.25, 0.3) is 0 Å². The third-order valence-electron chi connectivity index (χ3n) is 2.49. The Morgan fingerprint density at radius 2 is 2.21 bits per heavy atom. The van der Waals surface area contributed by atoms with Gasteiger partial charge in [0, 0.05) is 11.1 Å². The predicted octanol–water partition coefficient (Wildman–Crippen LogP) is 2.90. The van der Waals surface area contributed by atoms with E-state index in [0.29, 0.717) is 11.6 Å². The van der Waals surface area contributed by atoms with Gasteiger partial charge in [-0.1, -0.05) is 0 Å². The third kappa shape index (κ3) is 3.29. The van der Waals surface area contributed by atoms with Crippen LogP contribution in [0, 0.1) is 0 Å². The summed E-state index contributed by atoms with van der Waals surface area (Å²) in [6, 6.07) is 7.03. The Balaban J connectivity index is 2.07. The minimum Gasteiger partial charge on any atom is -0.463 e. The Morgan fingerprint density at radius 3 is 2.84 bits per heavy atom. The molecule has 0 saturated carbocycles. The van der Waals surface area contributed by atoms with Gasteiger partial charge < -0.3 is 14.9 Å². The number of anilines is 1. The maximum absolute atomic E-state index is 11.3. The van der Waals surface area contributed by atoms with Gasteiger partial charge in [-0.3, -0.25) is 0 Å². The van der Waals surface area contributed by atoms with E-state index in [1.807, 2.05) is 13.0 Å². The van der Waals surface area contributed by atoms with Gasteiger partial charge in [-0.2, -0.15) is 0 Å². The Bertz CT molecular complexity index is 566. The van der Waals surface area contributed by atoms with Gasteiger partial charge in [-0.05, 0) is 31.2 Å². The lowest BCUT2D eigenvalue weighted by Gasteiger charge is -2.08. The summed E-state index contributed by atoms with van der Waals surface area (Å²) in [5.41, 5.74) is 5.53. The van der Waals surface area contributed by atoms with Crippen LogP contribution < -0.4 is 5.73 Å². The van der Waals surface area contributed by atoms with Gasteiger partial charge in [0.25, 0.3) is 0 Å². The number of pyridine rings is 1. The number of esters is 1. The summed E-state index contributed by atoms with van der Waals surface area (Å²) in [4.78, 5) is 16.3. The zero-order valence-corrected chi connectivity index (χ0v) is 11.4. The zero-order valence-electron chi connectivity index (χ0n) is 10.6. The van der Waals surface area contributed by atoms with Crippen LogP contribution in [-0.4, -0.2) is 18.1 Å². The number of hydrogen-bond acceptors (Lipinski definition) is 6. The number of aromatic nitrogens is 1. The van der Waals surface area contributed by atoms with Crippen LogP contribution >= 0.6 is 11.8 Å². The molecule has 0 fully saturated rings. The van der Waals surface area contributed by atoms with E-state index in [1.165, 1.54) is 7.11 Å². The summed E-state index contributed by atoms with van der Waals surface area (Å²) in [5, 5.41) is 0.0591. The first kappa shape index (κ1) is 13.5. The van der Waals surface area contributed by atoms with Crippen molar-refractivity contribution in [2.24, 2.45) is 0 Å². The van der Waals surface area contributed by atoms with Crippen molar-refractivity contribution in [3.8, 4) is 0 Å². The number of hydrogen-bond donors (Lipinski definition) is 1. The SMILES string of the molecule is COC(=O)c1ccc(C(C)Sc2ccc(N)nc2)o1. The quantitative estimate of drug-likeness (QED) is 0.684. The number of nitrogen functional groups attached to an aromatic ring is 1. The lowest BCUT2D eigenvalue weighted by atomic mass is 10.3. The van der Waals surface area contributed by atoms with Crippen molar-refractivity contribution in [3.05, 3.63) is 42.0 Å². The molecule has 0 aliphatic heterocycles. The maximum atomic E-state index is 11.3. The largest absolute Gasteiger partial charge is 0.463 e. The fraction of sp³-hybridized carbons (Fsp3) is 0.231. The molecule has 100 valence electrons. The van der Waals surface area contributed by atoms with Gasteiger partial charge in [0.1, 0.15) is 11.6 Å². The molecule has 2 aromatic rings. The first-order chi connectivity index (χ1) is 9.10. The molecule has 2 aromatic heterocycles. The highest BCUT2D eigenvalue weighted by molar-refractivity contribution is 7.99. The smallest absolute Gasteiger partial charge is 0.373 e. The van der Waals surface area contributed by atoms with Crippen molar-refractivity contribution in [3.63, 3.8) is 0 Å². The van der Waals surface area contributed by atoms with Gasteiger partial charge >= 0.3 is 5.97 Å². The molecule has 5 nitrogen and oxygen atoms in total. The van der Waals surface area contributed by atoms with Crippen molar-refractivity contribution < 1.29 is 13.9 Å². The minimum atomic E-state index is -0.474. The Hall–Kier alpha value is -1.95. The highest BCUT2D eigenvalue weighted by Gasteiger charge is 2.16. The number of rotatable bonds is 4. The first-order valence-electron chi connectivity index (χ1n) is 5.66. The Labute approximate surface area is 115 Å². The molecule has 0 saturated heterocycles. The van der Waals surface area contributed by atoms with Crippen LogP contribution in [0.3, 0.4) is 0 Å². The van der Waals surface area contributed by atoms with Crippen molar-refractivity contribution in [1.82, 2.24) is 4.98 Å². The van der Waals surface area contributed by atoms with E-state index in [-0.39, 0.29) is 11.0 Å². The maximum Gasteiger partial charge on any atom is 0.373 e. The predicted molar refractivity (Wildman–Crippen MR) is 73.0 cm³/mol. The Kier molecular flexibility index (Phi) is 4.11. The van der Waals surface area contributed by atoms with Crippen molar-refractivity contribution in [2.75, 3.05) is 12.8 Å². The summed E-state index contributed by atoms with van der Waals surface area (Å²) in [6.07, 6.45) is 1.71. The summed E-state index contributed by atoms with van der Waals surface area (Å²) in [6.45, 7) is 1.99. The summed E-state index contributed by atoms with van der Waals surface area (Å²) in [5.74, 6) is 0.934. The normalized spacial score (nSPS) is 12.1. The number of carbonyl (C=O) groups is 1. The molecule has 0 aromatic carbocycles. The van der Waals surface area contributed by atoms with E-state index in [9.17, 15) is 4.79 Å². The van der Waals surface area contributed by atoms with Crippen LogP contribution in [0.1, 0.15) is 28.5 Å². The molecule has 19 heavy (non-hydrogen) atoms. The number of thioether (sulfide) groups is 1. The molecule has 0 radical (unpaired) electrons. The lowest BCUT2D eigenvalue weighted by Crippen LogP contribution is -1.98. The summed E-state index contributed by atoms with van der Waals surface area (Å²) < 4.78 is 10.1. The molecule has 2 rings (SSSR count). The van der Waals surface area contributed by atoms with Crippen LogP contribution in [0.4, 0.5) is 5.82 Å². The number of carbonyl (C=O) groups excluding carboxylic acids is 1.